The van der Waals surface area contributed by atoms with E-state index in [0.717, 1.165) is 22.5 Å². The zero-order valence-electron chi connectivity index (χ0n) is 13.6. The number of fused-ring (bicyclic) bond motifs is 1. The lowest BCUT2D eigenvalue weighted by molar-refractivity contribution is 1.13. The van der Waals surface area contributed by atoms with E-state index >= 15 is 0 Å². The van der Waals surface area contributed by atoms with Crippen molar-refractivity contribution >= 4 is 34.0 Å². The predicted octanol–water partition coefficient (Wildman–Crippen LogP) is 4.35. The third kappa shape index (κ3) is 3.04. The molecule has 25 heavy (non-hydrogen) atoms. The van der Waals surface area contributed by atoms with Crippen LogP contribution in [0.2, 0.25) is 0 Å². The van der Waals surface area contributed by atoms with E-state index in [-0.39, 0.29) is 5.56 Å². The van der Waals surface area contributed by atoms with Gasteiger partial charge >= 0.3 is 0 Å². The van der Waals surface area contributed by atoms with Crippen LogP contribution in [0.1, 0.15) is 12.5 Å². The minimum atomic E-state index is -0.200. The summed E-state index contributed by atoms with van der Waals surface area (Å²) >= 11 is 1.59. The van der Waals surface area contributed by atoms with Gasteiger partial charge in [0.1, 0.15) is 0 Å². The van der Waals surface area contributed by atoms with E-state index in [1.165, 1.54) is 5.56 Å². The Balaban J connectivity index is 1.76. The summed E-state index contributed by atoms with van der Waals surface area (Å²) in [4.78, 5) is 25.2. The summed E-state index contributed by atoms with van der Waals surface area (Å²) in [6, 6.07) is 13.8. The van der Waals surface area contributed by atoms with Gasteiger partial charge in [0.25, 0.3) is 5.56 Å². The van der Waals surface area contributed by atoms with Crippen LogP contribution in [0.3, 0.4) is 0 Å². The monoisotopic (exact) mass is 348 g/mol. The van der Waals surface area contributed by atoms with Crippen LogP contribution in [-0.2, 0) is 6.42 Å². The standard InChI is InChI=1S/C19H16N4OS/c1-2-12-5-7-13(8-6-12)21-19-22-17-16(18(24)23-19)14(9-10-20-17)15-4-3-11-25-15/h3-11H,2H2,1H3,(H2,20,21,22,23,24). The number of aryl methyl sites for hydroxylation is 1. The van der Waals surface area contributed by atoms with Gasteiger partial charge in [-0.3, -0.25) is 9.78 Å². The van der Waals surface area contributed by atoms with Crippen molar-refractivity contribution in [2.24, 2.45) is 0 Å². The van der Waals surface area contributed by atoms with Crippen molar-refractivity contribution in [3.05, 3.63) is 70.0 Å². The lowest BCUT2D eigenvalue weighted by Gasteiger charge is -2.08. The van der Waals surface area contributed by atoms with E-state index in [1.807, 2.05) is 35.7 Å². The Bertz CT molecular complexity index is 1070. The predicted molar refractivity (Wildman–Crippen MR) is 103 cm³/mol. The van der Waals surface area contributed by atoms with E-state index in [1.54, 1.807) is 17.5 Å². The van der Waals surface area contributed by atoms with Gasteiger partial charge < -0.3 is 5.32 Å². The van der Waals surface area contributed by atoms with Crippen LogP contribution in [0.4, 0.5) is 11.6 Å². The molecule has 0 saturated carbocycles. The molecule has 6 heteroatoms. The highest BCUT2D eigenvalue weighted by Gasteiger charge is 2.12. The summed E-state index contributed by atoms with van der Waals surface area (Å²) in [5.74, 6) is 0.387. The highest BCUT2D eigenvalue weighted by molar-refractivity contribution is 7.13. The molecule has 0 saturated heterocycles. The number of nitrogens with zero attached hydrogens (tertiary/aromatic N) is 2. The van der Waals surface area contributed by atoms with Crippen molar-refractivity contribution in [3.63, 3.8) is 0 Å². The molecule has 2 N–H and O–H groups in total. The molecule has 5 nitrogen and oxygen atoms in total. The van der Waals surface area contributed by atoms with Crippen molar-refractivity contribution < 1.29 is 0 Å². The topological polar surface area (TPSA) is 70.7 Å². The van der Waals surface area contributed by atoms with Crippen molar-refractivity contribution in [3.8, 4) is 10.4 Å². The van der Waals surface area contributed by atoms with Gasteiger partial charge in [-0.2, -0.15) is 4.98 Å². The van der Waals surface area contributed by atoms with Crippen LogP contribution < -0.4 is 10.9 Å². The molecule has 124 valence electrons. The smallest absolute Gasteiger partial charge is 0.262 e. The van der Waals surface area contributed by atoms with Gasteiger partial charge in [0.05, 0.1) is 5.39 Å². The quantitative estimate of drug-likeness (QED) is 0.575. The van der Waals surface area contributed by atoms with Gasteiger partial charge in [0.15, 0.2) is 5.65 Å². The Kier molecular flexibility index (Phi) is 4.03. The lowest BCUT2D eigenvalue weighted by Crippen LogP contribution is -2.12. The van der Waals surface area contributed by atoms with Crippen molar-refractivity contribution in [1.82, 2.24) is 15.0 Å². The molecule has 0 atom stereocenters. The summed E-state index contributed by atoms with van der Waals surface area (Å²) in [6.07, 6.45) is 2.67. The van der Waals surface area contributed by atoms with E-state index < -0.39 is 0 Å². The molecule has 1 aromatic carbocycles. The summed E-state index contributed by atoms with van der Waals surface area (Å²) in [6.45, 7) is 2.11. The van der Waals surface area contributed by atoms with Gasteiger partial charge in [0.2, 0.25) is 5.95 Å². The Morgan fingerprint density at radius 1 is 1.16 bits per heavy atom. The number of hydrogen-bond acceptors (Lipinski definition) is 5. The molecule has 3 heterocycles. The third-order valence-corrected chi connectivity index (χ3v) is 4.92. The summed E-state index contributed by atoms with van der Waals surface area (Å²) in [5, 5.41) is 5.63. The first kappa shape index (κ1) is 15.5. The number of hydrogen-bond donors (Lipinski definition) is 2. The fraction of sp³-hybridized carbons (Fsp3) is 0.105. The Morgan fingerprint density at radius 3 is 2.72 bits per heavy atom. The lowest BCUT2D eigenvalue weighted by atomic mass is 10.1. The van der Waals surface area contributed by atoms with Crippen molar-refractivity contribution in [1.29, 1.82) is 0 Å². The van der Waals surface area contributed by atoms with Crippen LogP contribution >= 0.6 is 11.3 Å². The molecule has 0 aliphatic rings. The zero-order valence-corrected chi connectivity index (χ0v) is 14.4. The van der Waals surface area contributed by atoms with E-state index in [4.69, 9.17) is 0 Å². The molecule has 0 fully saturated rings. The van der Waals surface area contributed by atoms with Gasteiger partial charge in [-0.15, -0.1) is 11.3 Å². The molecular formula is C19H16N4OS. The molecule has 0 unspecified atom stereocenters. The molecule has 0 spiro atoms. The van der Waals surface area contributed by atoms with Crippen molar-refractivity contribution in [2.45, 2.75) is 13.3 Å². The first-order valence-electron chi connectivity index (χ1n) is 8.03. The molecule has 0 radical (unpaired) electrons. The first-order chi connectivity index (χ1) is 12.2. The fourth-order valence-corrected chi connectivity index (χ4v) is 3.48. The number of aromatic amines is 1. The second-order valence-electron chi connectivity index (χ2n) is 5.62. The molecule has 4 aromatic rings. The summed E-state index contributed by atoms with van der Waals surface area (Å²) in [7, 11) is 0. The third-order valence-electron chi connectivity index (χ3n) is 4.02. The molecule has 0 aliphatic heterocycles. The molecule has 3 aromatic heterocycles. The second kappa shape index (κ2) is 6.49. The maximum atomic E-state index is 12.6. The number of benzene rings is 1. The minimum Gasteiger partial charge on any atom is -0.326 e. The molecule has 0 aliphatic carbocycles. The average Bonchev–Trinajstić information content (AvgIpc) is 3.16. The van der Waals surface area contributed by atoms with Gasteiger partial charge in [-0.1, -0.05) is 25.1 Å². The fourth-order valence-electron chi connectivity index (χ4n) is 2.72. The SMILES string of the molecule is CCc1ccc(Nc2nc3nccc(-c4cccs4)c3c(=O)[nH]2)cc1. The number of nitrogens with one attached hydrogen (secondary N) is 2. The molecular weight excluding hydrogens is 332 g/mol. The van der Waals surface area contributed by atoms with Gasteiger partial charge in [0, 0.05) is 22.3 Å². The first-order valence-corrected chi connectivity index (χ1v) is 8.91. The largest absolute Gasteiger partial charge is 0.326 e. The van der Waals surface area contributed by atoms with Crippen LogP contribution in [0.25, 0.3) is 21.5 Å². The maximum Gasteiger partial charge on any atom is 0.262 e. The number of pyridine rings is 1. The molecule has 4 rings (SSSR count). The summed E-state index contributed by atoms with van der Waals surface area (Å²) < 4.78 is 0. The second-order valence-corrected chi connectivity index (χ2v) is 6.57. The minimum absolute atomic E-state index is 0.200. The van der Waals surface area contributed by atoms with Crippen LogP contribution in [-0.4, -0.2) is 15.0 Å². The van der Waals surface area contributed by atoms with E-state index in [2.05, 4.69) is 39.3 Å². The van der Waals surface area contributed by atoms with E-state index in [9.17, 15) is 4.79 Å². The molecule has 0 amide bonds. The number of H-pyrrole nitrogens is 1. The van der Waals surface area contributed by atoms with Crippen molar-refractivity contribution in [2.75, 3.05) is 5.32 Å². The van der Waals surface area contributed by atoms with Crippen LogP contribution in [0.5, 0.6) is 0 Å². The number of rotatable bonds is 4. The van der Waals surface area contributed by atoms with Crippen LogP contribution in [0, 0.1) is 0 Å². The Morgan fingerprint density at radius 2 is 2.00 bits per heavy atom. The highest BCUT2D eigenvalue weighted by atomic mass is 32.1. The summed E-state index contributed by atoms with van der Waals surface area (Å²) in [5.41, 5.74) is 3.21. The highest BCUT2D eigenvalue weighted by Crippen LogP contribution is 2.28. The zero-order chi connectivity index (χ0) is 17.2. The normalized spacial score (nSPS) is 10.9. The Hall–Kier alpha value is -2.99. The van der Waals surface area contributed by atoms with Gasteiger partial charge in [-0.05, 0) is 41.6 Å². The van der Waals surface area contributed by atoms with E-state index in [0.29, 0.717) is 17.0 Å². The Labute approximate surface area is 148 Å². The molecule has 0 bridgehead atoms. The average molecular weight is 348 g/mol. The van der Waals surface area contributed by atoms with Crippen LogP contribution in [0.15, 0.2) is 58.8 Å². The number of anilines is 2. The number of thiophene rings is 1. The number of aromatic nitrogens is 3. The van der Waals surface area contributed by atoms with Gasteiger partial charge in [-0.25, -0.2) is 4.98 Å². The maximum absolute atomic E-state index is 12.6.